The molecule has 0 saturated carbocycles. The molecule has 1 rings (SSSR count). The summed E-state index contributed by atoms with van der Waals surface area (Å²) in [5, 5.41) is 4.48. The lowest BCUT2D eigenvalue weighted by molar-refractivity contribution is 0.129. The first-order chi connectivity index (χ1) is 10.5. The molecule has 0 aliphatic heterocycles. The maximum Gasteiger partial charge on any atom is 0.156 e. The highest BCUT2D eigenvalue weighted by Gasteiger charge is 2.11. The first-order valence-corrected chi connectivity index (χ1v) is 8.73. The van der Waals surface area contributed by atoms with Gasteiger partial charge < -0.3 is 14.8 Å². The molecule has 1 N–H and O–H groups in total. The normalized spacial score (nSPS) is 11.2. The van der Waals surface area contributed by atoms with Crippen LogP contribution in [0, 0.1) is 0 Å². The Morgan fingerprint density at radius 3 is 2.32 bits per heavy atom. The Labute approximate surface area is 144 Å². The fourth-order valence-corrected chi connectivity index (χ4v) is 2.56. The smallest absolute Gasteiger partial charge is 0.156 e. The zero-order valence-corrected chi connectivity index (χ0v) is 15.3. The topological polar surface area (TPSA) is 30.5 Å². The van der Waals surface area contributed by atoms with Crippen molar-refractivity contribution in [2.75, 3.05) is 19.8 Å². The summed E-state index contributed by atoms with van der Waals surface area (Å²) in [6, 6.07) is 3.80. The van der Waals surface area contributed by atoms with Gasteiger partial charge in [-0.2, -0.15) is 0 Å². The number of hydrogen-bond donors (Lipinski definition) is 1. The van der Waals surface area contributed by atoms with Crippen LogP contribution in [-0.2, 0) is 11.3 Å². The molecule has 0 bridgehead atoms. The highest BCUT2D eigenvalue weighted by molar-refractivity contribution is 6.37. The van der Waals surface area contributed by atoms with E-state index in [0.29, 0.717) is 15.8 Å². The van der Waals surface area contributed by atoms with E-state index in [1.807, 2.05) is 26.0 Å². The van der Waals surface area contributed by atoms with Crippen LogP contribution in [0.5, 0.6) is 5.75 Å². The van der Waals surface area contributed by atoms with Crippen LogP contribution >= 0.6 is 23.2 Å². The molecule has 0 amide bonds. The molecule has 126 valence electrons. The van der Waals surface area contributed by atoms with Gasteiger partial charge in [0, 0.05) is 19.8 Å². The second-order valence-electron chi connectivity index (χ2n) is 5.55. The number of rotatable bonds is 11. The minimum atomic E-state index is 0.0479. The van der Waals surface area contributed by atoms with Gasteiger partial charge in [0.25, 0.3) is 0 Å². The van der Waals surface area contributed by atoms with E-state index < -0.39 is 0 Å². The van der Waals surface area contributed by atoms with Crippen LogP contribution in [0.4, 0.5) is 0 Å². The number of benzene rings is 1. The molecular formula is C17H27Cl2NO2. The van der Waals surface area contributed by atoms with E-state index in [9.17, 15) is 0 Å². The zero-order chi connectivity index (χ0) is 16.4. The molecule has 0 fully saturated rings. The summed E-state index contributed by atoms with van der Waals surface area (Å²) in [6.07, 6.45) is 3.36. The Kier molecular flexibility index (Phi) is 9.89. The quantitative estimate of drug-likeness (QED) is 0.566. The minimum absolute atomic E-state index is 0.0479. The van der Waals surface area contributed by atoms with E-state index in [1.165, 1.54) is 6.42 Å². The molecule has 0 aliphatic rings. The molecule has 3 nitrogen and oxygen atoms in total. The summed E-state index contributed by atoms with van der Waals surface area (Å²) >= 11 is 12.5. The van der Waals surface area contributed by atoms with Crippen LogP contribution in [-0.4, -0.2) is 25.9 Å². The second kappa shape index (κ2) is 11.1. The summed E-state index contributed by atoms with van der Waals surface area (Å²) in [6.45, 7) is 9.37. The van der Waals surface area contributed by atoms with Crippen LogP contribution in [0.25, 0.3) is 0 Å². The van der Waals surface area contributed by atoms with Crippen LogP contribution in [0.15, 0.2) is 12.1 Å². The Hall–Kier alpha value is -0.480. The van der Waals surface area contributed by atoms with Crippen molar-refractivity contribution in [3.8, 4) is 5.75 Å². The second-order valence-corrected chi connectivity index (χ2v) is 6.37. The van der Waals surface area contributed by atoms with Gasteiger partial charge in [0.2, 0.25) is 0 Å². The predicted octanol–water partition coefficient (Wildman–Crippen LogP) is 5.08. The maximum atomic E-state index is 6.23. The number of hydrogen-bond acceptors (Lipinski definition) is 3. The van der Waals surface area contributed by atoms with E-state index in [4.69, 9.17) is 32.7 Å². The van der Waals surface area contributed by atoms with Gasteiger partial charge in [0.15, 0.2) is 5.75 Å². The number of nitrogens with one attached hydrogen (secondary N) is 1. The lowest BCUT2D eigenvalue weighted by Crippen LogP contribution is -2.16. The van der Waals surface area contributed by atoms with E-state index >= 15 is 0 Å². The van der Waals surface area contributed by atoms with Crippen molar-refractivity contribution in [3.63, 3.8) is 0 Å². The summed E-state index contributed by atoms with van der Waals surface area (Å²) in [4.78, 5) is 0. The molecule has 1 aromatic carbocycles. The van der Waals surface area contributed by atoms with Gasteiger partial charge >= 0.3 is 0 Å². The van der Waals surface area contributed by atoms with E-state index in [2.05, 4.69) is 12.2 Å². The summed E-state index contributed by atoms with van der Waals surface area (Å²) in [5.74, 6) is 0.561. The summed E-state index contributed by atoms with van der Waals surface area (Å²) in [7, 11) is 0. The average molecular weight is 348 g/mol. The molecule has 0 aromatic heterocycles. The van der Waals surface area contributed by atoms with Gasteiger partial charge in [0.05, 0.1) is 16.1 Å². The third kappa shape index (κ3) is 7.68. The monoisotopic (exact) mass is 347 g/mol. The zero-order valence-electron chi connectivity index (χ0n) is 13.8. The van der Waals surface area contributed by atoms with Gasteiger partial charge in [0.1, 0.15) is 0 Å². The SMILES string of the molecule is CCCCOCCCNCc1cc(Cl)c(OC(C)C)c(Cl)c1. The number of halogens is 2. The van der Waals surface area contributed by atoms with E-state index in [-0.39, 0.29) is 6.10 Å². The van der Waals surface area contributed by atoms with Gasteiger partial charge in [-0.25, -0.2) is 0 Å². The number of unbranched alkanes of at least 4 members (excludes halogenated alkanes) is 1. The molecule has 5 heteroatoms. The maximum absolute atomic E-state index is 6.23. The molecule has 0 radical (unpaired) electrons. The third-order valence-electron chi connectivity index (χ3n) is 3.03. The van der Waals surface area contributed by atoms with Crippen LogP contribution in [0.3, 0.4) is 0 Å². The highest BCUT2D eigenvalue weighted by Crippen LogP contribution is 2.34. The van der Waals surface area contributed by atoms with Crippen molar-refractivity contribution in [3.05, 3.63) is 27.7 Å². The van der Waals surface area contributed by atoms with Crippen LogP contribution in [0.1, 0.15) is 45.6 Å². The van der Waals surface area contributed by atoms with Crippen molar-refractivity contribution in [1.29, 1.82) is 0 Å². The molecule has 0 heterocycles. The summed E-state index contributed by atoms with van der Waals surface area (Å²) < 4.78 is 11.1. The van der Waals surface area contributed by atoms with Crippen LogP contribution in [0.2, 0.25) is 10.0 Å². The van der Waals surface area contributed by atoms with Crippen molar-refractivity contribution >= 4 is 23.2 Å². The first kappa shape index (κ1) is 19.6. The van der Waals surface area contributed by atoms with Gasteiger partial charge in [-0.15, -0.1) is 0 Å². The molecular weight excluding hydrogens is 321 g/mol. The van der Waals surface area contributed by atoms with Crippen molar-refractivity contribution in [1.82, 2.24) is 5.32 Å². The Bertz CT molecular complexity index is 416. The average Bonchev–Trinajstić information content (AvgIpc) is 2.45. The predicted molar refractivity (Wildman–Crippen MR) is 94.3 cm³/mol. The first-order valence-electron chi connectivity index (χ1n) is 7.97. The molecule has 0 atom stereocenters. The van der Waals surface area contributed by atoms with Crippen molar-refractivity contribution in [2.45, 2.75) is 52.7 Å². The molecule has 1 aromatic rings. The third-order valence-corrected chi connectivity index (χ3v) is 3.59. The van der Waals surface area contributed by atoms with E-state index in [0.717, 1.165) is 44.7 Å². The molecule has 0 spiro atoms. The molecule has 0 aliphatic carbocycles. The summed E-state index contributed by atoms with van der Waals surface area (Å²) in [5.41, 5.74) is 1.05. The molecule has 22 heavy (non-hydrogen) atoms. The Balaban J connectivity index is 2.32. The van der Waals surface area contributed by atoms with Gasteiger partial charge in [-0.3, -0.25) is 0 Å². The fourth-order valence-electron chi connectivity index (χ4n) is 1.94. The highest BCUT2D eigenvalue weighted by atomic mass is 35.5. The lowest BCUT2D eigenvalue weighted by atomic mass is 10.2. The van der Waals surface area contributed by atoms with Gasteiger partial charge in [-0.05, 0) is 50.9 Å². The van der Waals surface area contributed by atoms with E-state index in [1.54, 1.807) is 0 Å². The molecule has 0 unspecified atom stereocenters. The largest absolute Gasteiger partial charge is 0.488 e. The Morgan fingerprint density at radius 2 is 1.73 bits per heavy atom. The van der Waals surface area contributed by atoms with Crippen LogP contribution < -0.4 is 10.1 Å². The van der Waals surface area contributed by atoms with Crippen molar-refractivity contribution in [2.24, 2.45) is 0 Å². The molecule has 0 saturated heterocycles. The Morgan fingerprint density at radius 1 is 1.09 bits per heavy atom. The lowest BCUT2D eigenvalue weighted by Gasteiger charge is -2.14. The fraction of sp³-hybridized carbons (Fsp3) is 0.647. The minimum Gasteiger partial charge on any atom is -0.488 e. The van der Waals surface area contributed by atoms with Crippen molar-refractivity contribution < 1.29 is 9.47 Å². The van der Waals surface area contributed by atoms with Gasteiger partial charge in [-0.1, -0.05) is 36.5 Å². The number of ether oxygens (including phenoxy) is 2. The standard InChI is InChI=1S/C17H27Cl2NO2/c1-4-5-8-21-9-6-7-20-12-14-10-15(18)17(16(19)11-14)22-13(2)3/h10-11,13,20H,4-9,12H2,1-3H3.